The lowest BCUT2D eigenvalue weighted by atomic mass is 10.1. The van der Waals surface area contributed by atoms with Gasteiger partial charge in [-0.15, -0.1) is 0 Å². The highest BCUT2D eigenvalue weighted by Crippen LogP contribution is 2.17. The molecule has 2 heterocycles. The molecule has 3 aromatic rings. The zero-order chi connectivity index (χ0) is 15.4. The third kappa shape index (κ3) is 2.86. The smallest absolute Gasteiger partial charge is 0.211 e. The highest BCUT2D eigenvalue weighted by molar-refractivity contribution is 6.07. The number of methoxy groups -OCH3 is 1. The molecule has 0 aliphatic carbocycles. The predicted octanol–water partition coefficient (Wildman–Crippen LogP) is 3.38. The molecule has 0 aliphatic heterocycles. The maximum atomic E-state index is 12.5. The second-order valence-electron chi connectivity index (χ2n) is 4.68. The Kier molecular flexibility index (Phi) is 3.92. The number of hydrogen-bond donors (Lipinski definition) is 0. The number of aromatic nitrogens is 2. The van der Waals surface area contributed by atoms with Crippen LogP contribution in [0.2, 0.25) is 0 Å². The molecule has 22 heavy (non-hydrogen) atoms. The van der Waals surface area contributed by atoms with E-state index in [0.29, 0.717) is 22.7 Å². The minimum absolute atomic E-state index is 0.125. The Bertz CT molecular complexity index is 784. The van der Waals surface area contributed by atoms with Crippen LogP contribution in [0.25, 0.3) is 11.4 Å². The molecule has 0 radical (unpaired) electrons. The van der Waals surface area contributed by atoms with Gasteiger partial charge in [0.15, 0.2) is 0 Å². The molecule has 3 rings (SSSR count). The van der Waals surface area contributed by atoms with Crippen molar-refractivity contribution in [2.24, 2.45) is 0 Å². The fraction of sp³-hybridized carbons (Fsp3) is 0.0556. The molecule has 0 saturated heterocycles. The van der Waals surface area contributed by atoms with Crippen LogP contribution in [0.4, 0.5) is 0 Å². The number of benzene rings is 1. The molecular weight excluding hydrogens is 276 g/mol. The van der Waals surface area contributed by atoms with Crippen molar-refractivity contribution in [3.63, 3.8) is 0 Å². The summed E-state index contributed by atoms with van der Waals surface area (Å²) < 4.78 is 5.10. The molecule has 0 unspecified atom stereocenters. The summed E-state index contributed by atoms with van der Waals surface area (Å²) >= 11 is 0. The lowest BCUT2D eigenvalue weighted by molar-refractivity contribution is 0.103. The summed E-state index contributed by atoms with van der Waals surface area (Å²) in [4.78, 5) is 21.2. The van der Waals surface area contributed by atoms with Gasteiger partial charge >= 0.3 is 0 Å². The quantitative estimate of drug-likeness (QED) is 0.691. The zero-order valence-electron chi connectivity index (χ0n) is 12.1. The summed E-state index contributed by atoms with van der Waals surface area (Å²) in [6.45, 7) is 0. The van der Waals surface area contributed by atoms with Crippen LogP contribution in [-0.4, -0.2) is 22.9 Å². The Morgan fingerprint density at radius 2 is 1.68 bits per heavy atom. The van der Waals surface area contributed by atoms with Crippen molar-refractivity contribution in [2.45, 2.75) is 0 Å². The van der Waals surface area contributed by atoms with Gasteiger partial charge < -0.3 is 4.74 Å². The van der Waals surface area contributed by atoms with Crippen LogP contribution >= 0.6 is 0 Å². The van der Waals surface area contributed by atoms with Gasteiger partial charge in [0.1, 0.15) is 11.4 Å². The third-order valence-electron chi connectivity index (χ3n) is 3.26. The molecule has 2 aromatic heterocycles. The van der Waals surface area contributed by atoms with Crippen LogP contribution in [0.3, 0.4) is 0 Å². The highest BCUT2D eigenvalue weighted by atomic mass is 16.5. The van der Waals surface area contributed by atoms with Gasteiger partial charge in [0.25, 0.3) is 0 Å². The van der Waals surface area contributed by atoms with E-state index in [0.717, 1.165) is 5.69 Å². The molecule has 0 bridgehead atoms. The average molecular weight is 290 g/mol. The van der Waals surface area contributed by atoms with Crippen molar-refractivity contribution in [1.82, 2.24) is 9.97 Å². The molecular formula is C18H14N2O2. The average Bonchev–Trinajstić information content (AvgIpc) is 2.62. The number of ether oxygens (including phenoxy) is 1. The van der Waals surface area contributed by atoms with Crippen molar-refractivity contribution in [3.8, 4) is 17.1 Å². The predicted molar refractivity (Wildman–Crippen MR) is 83.9 cm³/mol. The van der Waals surface area contributed by atoms with E-state index in [-0.39, 0.29) is 5.78 Å². The van der Waals surface area contributed by atoms with Gasteiger partial charge in [-0.05, 0) is 48.5 Å². The van der Waals surface area contributed by atoms with Crippen molar-refractivity contribution in [3.05, 3.63) is 78.1 Å². The number of pyridine rings is 2. The summed E-state index contributed by atoms with van der Waals surface area (Å²) in [6.07, 6.45) is 1.70. The van der Waals surface area contributed by atoms with E-state index in [4.69, 9.17) is 4.74 Å². The molecule has 1 aromatic carbocycles. The third-order valence-corrected chi connectivity index (χ3v) is 3.26. The first kappa shape index (κ1) is 13.9. The van der Waals surface area contributed by atoms with Crippen LogP contribution in [-0.2, 0) is 0 Å². The van der Waals surface area contributed by atoms with E-state index in [1.165, 1.54) is 0 Å². The summed E-state index contributed by atoms with van der Waals surface area (Å²) in [5, 5.41) is 0. The Hall–Kier alpha value is -3.01. The van der Waals surface area contributed by atoms with Crippen LogP contribution in [0.1, 0.15) is 16.1 Å². The van der Waals surface area contributed by atoms with Gasteiger partial charge in [-0.2, -0.15) is 0 Å². The lowest BCUT2D eigenvalue weighted by Crippen LogP contribution is -2.04. The Balaban J connectivity index is 1.92. The minimum Gasteiger partial charge on any atom is -0.497 e. The highest BCUT2D eigenvalue weighted by Gasteiger charge is 2.12. The topological polar surface area (TPSA) is 52.1 Å². The van der Waals surface area contributed by atoms with E-state index in [1.54, 1.807) is 43.6 Å². The van der Waals surface area contributed by atoms with Gasteiger partial charge in [0.2, 0.25) is 5.78 Å². The molecule has 0 N–H and O–H groups in total. The standard InChI is InChI=1S/C18H14N2O2/c1-22-14-10-8-13(9-11-14)18(21)17-7-4-6-16(20-17)15-5-2-3-12-19-15/h2-12H,1H3. The van der Waals surface area contributed by atoms with E-state index in [1.807, 2.05) is 30.3 Å². The second kappa shape index (κ2) is 6.18. The van der Waals surface area contributed by atoms with Gasteiger partial charge in [0, 0.05) is 11.8 Å². The Morgan fingerprint density at radius 1 is 0.909 bits per heavy atom. The van der Waals surface area contributed by atoms with Crippen LogP contribution in [0.5, 0.6) is 5.75 Å². The first-order valence-corrected chi connectivity index (χ1v) is 6.85. The summed E-state index contributed by atoms with van der Waals surface area (Å²) in [7, 11) is 1.59. The van der Waals surface area contributed by atoms with Crippen molar-refractivity contribution < 1.29 is 9.53 Å². The molecule has 0 aliphatic rings. The summed E-state index contributed by atoms with van der Waals surface area (Å²) in [5.74, 6) is 0.590. The monoisotopic (exact) mass is 290 g/mol. The number of rotatable bonds is 4. The Morgan fingerprint density at radius 3 is 2.36 bits per heavy atom. The van der Waals surface area contributed by atoms with Crippen LogP contribution in [0, 0.1) is 0 Å². The van der Waals surface area contributed by atoms with Crippen molar-refractivity contribution in [2.75, 3.05) is 7.11 Å². The zero-order valence-corrected chi connectivity index (χ0v) is 12.1. The van der Waals surface area contributed by atoms with Gasteiger partial charge in [-0.1, -0.05) is 12.1 Å². The Labute approximate surface area is 128 Å². The normalized spacial score (nSPS) is 10.2. The summed E-state index contributed by atoms with van der Waals surface area (Å²) in [5.41, 5.74) is 2.40. The molecule has 0 fully saturated rings. The molecule has 4 heteroatoms. The molecule has 0 spiro atoms. The number of nitrogens with zero attached hydrogens (tertiary/aromatic N) is 2. The van der Waals surface area contributed by atoms with Crippen molar-refractivity contribution >= 4 is 5.78 Å². The maximum Gasteiger partial charge on any atom is 0.211 e. The van der Waals surface area contributed by atoms with E-state index in [9.17, 15) is 4.79 Å². The number of carbonyl (C=O) groups is 1. The number of ketones is 1. The van der Waals surface area contributed by atoms with E-state index < -0.39 is 0 Å². The van der Waals surface area contributed by atoms with Gasteiger partial charge in [-0.25, -0.2) is 4.98 Å². The first-order valence-electron chi connectivity index (χ1n) is 6.85. The molecule has 0 saturated carbocycles. The molecule has 108 valence electrons. The van der Waals surface area contributed by atoms with Crippen molar-refractivity contribution in [1.29, 1.82) is 0 Å². The fourth-order valence-corrected chi connectivity index (χ4v) is 2.11. The minimum atomic E-state index is -0.125. The number of hydrogen-bond acceptors (Lipinski definition) is 4. The molecule has 4 nitrogen and oxygen atoms in total. The van der Waals surface area contributed by atoms with E-state index >= 15 is 0 Å². The lowest BCUT2D eigenvalue weighted by Gasteiger charge is -2.05. The van der Waals surface area contributed by atoms with Crippen LogP contribution < -0.4 is 4.74 Å². The molecule has 0 amide bonds. The van der Waals surface area contributed by atoms with Crippen LogP contribution in [0.15, 0.2) is 66.9 Å². The maximum absolute atomic E-state index is 12.5. The largest absolute Gasteiger partial charge is 0.497 e. The van der Waals surface area contributed by atoms with Gasteiger partial charge in [0.05, 0.1) is 18.5 Å². The molecule has 0 atom stereocenters. The SMILES string of the molecule is COc1ccc(C(=O)c2cccc(-c3ccccn3)n2)cc1. The van der Waals surface area contributed by atoms with E-state index in [2.05, 4.69) is 9.97 Å². The first-order chi connectivity index (χ1) is 10.8. The summed E-state index contributed by atoms with van der Waals surface area (Å²) in [6, 6.07) is 17.9. The second-order valence-corrected chi connectivity index (χ2v) is 4.68. The number of carbonyl (C=O) groups excluding carboxylic acids is 1. The van der Waals surface area contributed by atoms with Gasteiger partial charge in [-0.3, -0.25) is 9.78 Å². The fourth-order valence-electron chi connectivity index (χ4n) is 2.11.